The minimum atomic E-state index is -1.24. The number of ether oxygens (including phenoxy) is 1. The van der Waals surface area contributed by atoms with E-state index in [1.54, 1.807) is 30.5 Å². The number of aromatic amines is 1. The van der Waals surface area contributed by atoms with Gasteiger partial charge in [0.15, 0.2) is 0 Å². The highest BCUT2D eigenvalue weighted by atomic mass is 16.5. The van der Waals surface area contributed by atoms with Crippen LogP contribution in [-0.4, -0.2) is 58.7 Å². The van der Waals surface area contributed by atoms with Crippen molar-refractivity contribution in [1.29, 1.82) is 0 Å². The molecule has 3 atom stereocenters. The average Bonchev–Trinajstić information content (AvgIpc) is 3.75. The molecule has 0 fully saturated rings. The minimum absolute atomic E-state index is 0.0539. The van der Waals surface area contributed by atoms with Crippen molar-refractivity contribution in [3.05, 3.63) is 167 Å². The molecule has 5 aromatic carbocycles. The Morgan fingerprint density at radius 3 is 1.70 bits per heavy atom. The molecule has 1 aliphatic rings. The van der Waals surface area contributed by atoms with E-state index in [9.17, 15) is 24.3 Å². The van der Waals surface area contributed by atoms with Crippen molar-refractivity contribution < 1.29 is 29.0 Å². The molecule has 1 aromatic heterocycles. The van der Waals surface area contributed by atoms with E-state index in [-0.39, 0.29) is 31.8 Å². The molecule has 1 aliphatic carbocycles. The van der Waals surface area contributed by atoms with Crippen LogP contribution >= 0.6 is 0 Å². The van der Waals surface area contributed by atoms with Crippen LogP contribution in [0.2, 0.25) is 0 Å². The van der Waals surface area contributed by atoms with Crippen LogP contribution in [0.5, 0.6) is 0 Å². The average molecular weight is 721 g/mol. The molecular formula is C44H40N4O6. The monoisotopic (exact) mass is 720 g/mol. The summed E-state index contributed by atoms with van der Waals surface area (Å²) in [6, 6.07) is 38.3. The number of H-pyrrole nitrogens is 1. The Kier molecular flexibility index (Phi) is 10.8. The maximum absolute atomic E-state index is 14.3. The Labute approximate surface area is 312 Å². The van der Waals surface area contributed by atoms with Gasteiger partial charge in [0.25, 0.3) is 0 Å². The molecule has 1 heterocycles. The Balaban J connectivity index is 1.11. The van der Waals surface area contributed by atoms with E-state index in [2.05, 4.69) is 33.1 Å². The summed E-state index contributed by atoms with van der Waals surface area (Å²) in [6.45, 7) is 0.0539. The molecule has 6 aromatic rings. The lowest BCUT2D eigenvalue weighted by molar-refractivity contribution is -0.142. The fraction of sp³-hybridized carbons (Fsp3) is 0.182. The van der Waals surface area contributed by atoms with Gasteiger partial charge in [-0.15, -0.1) is 0 Å². The molecule has 0 saturated carbocycles. The first-order valence-corrected chi connectivity index (χ1v) is 17.9. The topological polar surface area (TPSA) is 150 Å². The van der Waals surface area contributed by atoms with E-state index < -0.39 is 42.0 Å². The lowest BCUT2D eigenvalue weighted by atomic mass is 9.98. The highest BCUT2D eigenvalue weighted by Gasteiger charge is 2.32. The SMILES string of the molecule is O=C(N[C@@H](Cc1c[nH]c2ccccc12)C(=O)N[C@@H](Cc1ccccc1)C(=O)N[C@@H](Cc1ccccc1)C(=O)O)OCC1c2ccccc2-c2ccccc21. The number of fused-ring (bicyclic) bond motifs is 4. The summed E-state index contributed by atoms with van der Waals surface area (Å²) < 4.78 is 5.83. The zero-order chi connectivity index (χ0) is 37.4. The third-order valence-electron chi connectivity index (χ3n) is 9.86. The smallest absolute Gasteiger partial charge is 0.407 e. The highest BCUT2D eigenvalue weighted by Crippen LogP contribution is 2.44. The maximum atomic E-state index is 14.3. The summed E-state index contributed by atoms with van der Waals surface area (Å²) >= 11 is 0. The van der Waals surface area contributed by atoms with Gasteiger partial charge in [-0.1, -0.05) is 127 Å². The largest absolute Gasteiger partial charge is 0.480 e. The van der Waals surface area contributed by atoms with E-state index in [4.69, 9.17) is 4.74 Å². The summed E-state index contributed by atoms with van der Waals surface area (Å²) in [6.07, 6.45) is 1.24. The number of amides is 3. The Morgan fingerprint density at radius 2 is 1.09 bits per heavy atom. The summed E-state index contributed by atoms with van der Waals surface area (Å²) in [5, 5.41) is 19.2. The van der Waals surface area contributed by atoms with E-state index in [0.717, 1.165) is 49.8 Å². The number of carboxylic acids is 1. The second-order valence-electron chi connectivity index (χ2n) is 13.4. The van der Waals surface area contributed by atoms with Crippen LogP contribution in [0.15, 0.2) is 140 Å². The molecule has 0 spiro atoms. The van der Waals surface area contributed by atoms with Gasteiger partial charge in [0.05, 0.1) is 0 Å². The van der Waals surface area contributed by atoms with Crippen LogP contribution in [0.1, 0.15) is 33.7 Å². The second kappa shape index (κ2) is 16.3. The predicted molar refractivity (Wildman–Crippen MR) is 206 cm³/mol. The molecule has 272 valence electrons. The molecular weight excluding hydrogens is 681 g/mol. The summed E-state index contributed by atoms with van der Waals surface area (Å²) in [7, 11) is 0. The third-order valence-corrected chi connectivity index (χ3v) is 9.86. The van der Waals surface area contributed by atoms with Gasteiger partial charge < -0.3 is 30.8 Å². The summed E-state index contributed by atoms with van der Waals surface area (Å²) in [5.41, 5.74) is 7.44. The van der Waals surface area contributed by atoms with Gasteiger partial charge in [0.2, 0.25) is 11.8 Å². The number of hydrogen-bond acceptors (Lipinski definition) is 5. The number of para-hydroxylation sites is 1. The van der Waals surface area contributed by atoms with Gasteiger partial charge in [-0.3, -0.25) is 9.59 Å². The van der Waals surface area contributed by atoms with Gasteiger partial charge >= 0.3 is 12.1 Å². The fourth-order valence-corrected chi connectivity index (χ4v) is 7.17. The molecule has 10 nitrogen and oxygen atoms in total. The van der Waals surface area contributed by atoms with Crippen molar-refractivity contribution in [2.75, 3.05) is 6.61 Å². The number of nitrogens with one attached hydrogen (secondary N) is 4. The van der Waals surface area contributed by atoms with Crippen molar-refractivity contribution in [1.82, 2.24) is 20.9 Å². The predicted octanol–water partition coefficient (Wildman–Crippen LogP) is 6.16. The lowest BCUT2D eigenvalue weighted by Crippen LogP contribution is -2.57. The number of carboxylic acid groups (broad SMARTS) is 1. The van der Waals surface area contributed by atoms with Gasteiger partial charge in [0, 0.05) is 42.3 Å². The van der Waals surface area contributed by atoms with Crippen LogP contribution in [0.3, 0.4) is 0 Å². The number of alkyl carbamates (subject to hydrolysis) is 1. The second-order valence-corrected chi connectivity index (χ2v) is 13.4. The number of carbonyl (C=O) groups excluding carboxylic acids is 3. The standard InChI is InChI=1S/C44H40N4O6/c49-41(47-40(43(51)52)24-29-15-5-2-6-16-29)38(23-28-13-3-1-4-14-28)46-42(50)39(25-30-26-45-37-22-12-11-17-31(30)37)48-44(53)54-27-36-34-20-9-7-18-32(34)33-19-8-10-21-35(33)36/h1-22,26,36,38-40,45H,23-25,27H2,(H,46,50)(H,47,49)(H,48,53)(H,51,52)/t38-,39-,40-/m0/s1. The molecule has 0 aliphatic heterocycles. The quantitative estimate of drug-likeness (QED) is 0.0911. The summed E-state index contributed by atoms with van der Waals surface area (Å²) in [5.74, 6) is -2.67. The first-order chi connectivity index (χ1) is 26.3. The van der Waals surface area contributed by atoms with Crippen LogP contribution < -0.4 is 16.0 Å². The number of aliphatic carboxylic acids is 1. The number of hydrogen-bond donors (Lipinski definition) is 5. The Bertz CT molecular complexity index is 2230. The molecule has 7 rings (SSSR count). The minimum Gasteiger partial charge on any atom is -0.480 e. The summed E-state index contributed by atoms with van der Waals surface area (Å²) in [4.78, 5) is 57.2. The first kappa shape index (κ1) is 35.7. The van der Waals surface area contributed by atoms with E-state index in [1.165, 1.54) is 0 Å². The number of aromatic nitrogens is 1. The molecule has 3 amide bonds. The van der Waals surface area contributed by atoms with Crippen LogP contribution in [-0.2, 0) is 38.4 Å². The number of rotatable bonds is 14. The van der Waals surface area contributed by atoms with E-state index in [1.807, 2.05) is 97.1 Å². The van der Waals surface area contributed by atoms with Crippen molar-refractivity contribution in [2.24, 2.45) is 0 Å². The normalized spacial score (nSPS) is 13.6. The van der Waals surface area contributed by atoms with Crippen molar-refractivity contribution in [3.63, 3.8) is 0 Å². The van der Waals surface area contributed by atoms with Gasteiger partial charge in [-0.2, -0.15) is 0 Å². The molecule has 0 radical (unpaired) electrons. The lowest BCUT2D eigenvalue weighted by Gasteiger charge is -2.25. The molecule has 0 saturated heterocycles. The van der Waals surface area contributed by atoms with Gasteiger partial charge in [0.1, 0.15) is 24.7 Å². The maximum Gasteiger partial charge on any atom is 0.407 e. The Hall–Kier alpha value is -6.68. The van der Waals surface area contributed by atoms with Gasteiger partial charge in [-0.25, -0.2) is 9.59 Å². The molecule has 54 heavy (non-hydrogen) atoms. The van der Waals surface area contributed by atoms with Crippen molar-refractivity contribution >= 4 is 34.8 Å². The van der Waals surface area contributed by atoms with Gasteiger partial charge in [-0.05, 0) is 45.0 Å². The van der Waals surface area contributed by atoms with E-state index in [0.29, 0.717) is 0 Å². The first-order valence-electron chi connectivity index (χ1n) is 17.9. The molecule has 0 bridgehead atoms. The number of benzene rings is 5. The molecule has 0 unspecified atom stereocenters. The number of carbonyl (C=O) groups is 4. The third kappa shape index (κ3) is 8.18. The molecule has 5 N–H and O–H groups in total. The fourth-order valence-electron chi connectivity index (χ4n) is 7.17. The van der Waals surface area contributed by atoms with Crippen LogP contribution in [0.4, 0.5) is 4.79 Å². The Morgan fingerprint density at radius 1 is 0.593 bits per heavy atom. The van der Waals surface area contributed by atoms with Crippen molar-refractivity contribution in [3.8, 4) is 11.1 Å². The zero-order valence-electron chi connectivity index (χ0n) is 29.4. The van der Waals surface area contributed by atoms with Crippen LogP contribution in [0, 0.1) is 0 Å². The van der Waals surface area contributed by atoms with Crippen LogP contribution in [0.25, 0.3) is 22.0 Å². The zero-order valence-corrected chi connectivity index (χ0v) is 29.4. The van der Waals surface area contributed by atoms with Crippen molar-refractivity contribution in [2.45, 2.75) is 43.3 Å². The van der Waals surface area contributed by atoms with E-state index >= 15 is 0 Å². The molecule has 10 heteroatoms. The highest BCUT2D eigenvalue weighted by molar-refractivity contribution is 5.94.